The third-order valence-corrected chi connectivity index (χ3v) is 5.81. The van der Waals surface area contributed by atoms with Crippen molar-refractivity contribution in [2.45, 2.75) is 4.90 Å². The van der Waals surface area contributed by atoms with Gasteiger partial charge in [0.05, 0.1) is 0 Å². The first-order chi connectivity index (χ1) is 12.8. The van der Waals surface area contributed by atoms with Crippen LogP contribution in [0.25, 0.3) is 10.4 Å². The van der Waals surface area contributed by atoms with Crippen LogP contribution in [0, 0.1) is 11.6 Å². The van der Waals surface area contributed by atoms with E-state index < -0.39 is 32.7 Å². The first-order valence-corrected chi connectivity index (χ1v) is 9.64. The van der Waals surface area contributed by atoms with Crippen molar-refractivity contribution >= 4 is 33.2 Å². The number of rotatable bonds is 5. The Labute approximate surface area is 156 Å². The molecule has 2 aromatic carbocycles. The molecule has 0 saturated carbocycles. The van der Waals surface area contributed by atoms with E-state index in [-0.39, 0.29) is 10.8 Å². The summed E-state index contributed by atoms with van der Waals surface area (Å²) < 4.78 is 58.7. The molecule has 1 heterocycles. The Kier molecular flexibility index (Phi) is 5.10. The standard InChI is InChI=1S/C17H11F2NO5S2/c18-11-6-7-12(19)15(8-11)27(23,24)20-13-9-14(10-4-2-1-3-5-10)26-16(13)25-17(21)22/h1-9,20H,(H,21,22). The predicted octanol–water partition coefficient (Wildman–Crippen LogP) is 4.55. The monoisotopic (exact) mass is 411 g/mol. The maximum Gasteiger partial charge on any atom is 0.512 e. The average molecular weight is 411 g/mol. The number of ether oxygens (including phenoxy) is 1. The van der Waals surface area contributed by atoms with Gasteiger partial charge >= 0.3 is 6.16 Å². The minimum Gasteiger partial charge on any atom is -0.449 e. The van der Waals surface area contributed by atoms with Crippen molar-refractivity contribution in [3.05, 3.63) is 66.2 Å². The predicted molar refractivity (Wildman–Crippen MR) is 95.6 cm³/mol. The molecule has 27 heavy (non-hydrogen) atoms. The number of hydrogen-bond donors (Lipinski definition) is 2. The zero-order valence-corrected chi connectivity index (χ0v) is 15.0. The molecule has 140 valence electrons. The first-order valence-electron chi connectivity index (χ1n) is 7.34. The minimum absolute atomic E-state index is 0.204. The van der Waals surface area contributed by atoms with Gasteiger partial charge in [-0.05, 0) is 29.8 Å². The third kappa shape index (κ3) is 4.23. The lowest BCUT2D eigenvalue weighted by Crippen LogP contribution is -2.15. The lowest BCUT2D eigenvalue weighted by Gasteiger charge is -2.09. The summed E-state index contributed by atoms with van der Waals surface area (Å²) in [5.74, 6) is -2.09. The van der Waals surface area contributed by atoms with Gasteiger partial charge in [0.1, 0.15) is 22.2 Å². The largest absolute Gasteiger partial charge is 0.512 e. The zero-order valence-electron chi connectivity index (χ0n) is 13.3. The molecule has 10 heteroatoms. The Bertz CT molecular complexity index is 1100. The van der Waals surface area contributed by atoms with Crippen LogP contribution < -0.4 is 9.46 Å². The number of carboxylic acid groups (broad SMARTS) is 1. The van der Waals surface area contributed by atoms with Crippen LogP contribution in [-0.2, 0) is 10.0 Å². The molecule has 1 aromatic heterocycles. The summed E-state index contributed by atoms with van der Waals surface area (Å²) in [6.45, 7) is 0. The van der Waals surface area contributed by atoms with E-state index in [0.717, 1.165) is 17.4 Å². The van der Waals surface area contributed by atoms with E-state index in [9.17, 15) is 22.0 Å². The van der Waals surface area contributed by atoms with Crippen LogP contribution in [0.2, 0.25) is 0 Å². The molecule has 0 atom stereocenters. The molecular weight excluding hydrogens is 400 g/mol. The quantitative estimate of drug-likeness (QED) is 0.601. The van der Waals surface area contributed by atoms with Crippen molar-refractivity contribution in [1.29, 1.82) is 0 Å². The van der Waals surface area contributed by atoms with Crippen molar-refractivity contribution in [1.82, 2.24) is 0 Å². The highest BCUT2D eigenvalue weighted by Crippen LogP contribution is 2.41. The summed E-state index contributed by atoms with van der Waals surface area (Å²) in [6, 6.07) is 12.1. The number of hydrogen-bond acceptors (Lipinski definition) is 5. The Hall–Kier alpha value is -2.98. The van der Waals surface area contributed by atoms with Crippen molar-refractivity contribution in [2.75, 3.05) is 4.72 Å². The number of thiophene rings is 1. The molecule has 0 aliphatic heterocycles. The molecule has 2 N–H and O–H groups in total. The minimum atomic E-state index is -4.52. The van der Waals surface area contributed by atoms with Crippen LogP contribution in [-0.4, -0.2) is 19.7 Å². The SMILES string of the molecule is O=C(O)Oc1sc(-c2ccccc2)cc1NS(=O)(=O)c1cc(F)ccc1F. The van der Waals surface area contributed by atoms with Crippen molar-refractivity contribution in [2.24, 2.45) is 0 Å². The average Bonchev–Trinajstić information content (AvgIpc) is 2.99. The van der Waals surface area contributed by atoms with E-state index in [2.05, 4.69) is 9.46 Å². The third-order valence-electron chi connectivity index (χ3n) is 3.36. The first kappa shape index (κ1) is 18.8. The summed E-state index contributed by atoms with van der Waals surface area (Å²) in [5.41, 5.74) is 0.491. The number of sulfonamides is 1. The highest BCUT2D eigenvalue weighted by atomic mass is 32.2. The van der Waals surface area contributed by atoms with Gasteiger partial charge in [-0.15, -0.1) is 0 Å². The van der Waals surface area contributed by atoms with Gasteiger partial charge < -0.3 is 9.84 Å². The van der Waals surface area contributed by atoms with Crippen LogP contribution in [0.3, 0.4) is 0 Å². The molecule has 0 aliphatic rings. The van der Waals surface area contributed by atoms with E-state index >= 15 is 0 Å². The van der Waals surface area contributed by atoms with Gasteiger partial charge in [0.15, 0.2) is 0 Å². The Balaban J connectivity index is 2.03. The second kappa shape index (κ2) is 7.33. The molecule has 0 spiro atoms. The second-order valence-corrected chi connectivity index (χ2v) is 7.89. The van der Waals surface area contributed by atoms with Crippen LogP contribution in [0.5, 0.6) is 5.06 Å². The van der Waals surface area contributed by atoms with Crippen molar-refractivity contribution in [3.8, 4) is 15.5 Å². The molecule has 0 fully saturated rings. The molecule has 6 nitrogen and oxygen atoms in total. The summed E-state index contributed by atoms with van der Waals surface area (Å²) in [5, 5.41) is 8.62. The molecule has 3 aromatic rings. The van der Waals surface area contributed by atoms with Crippen molar-refractivity contribution < 1.29 is 31.8 Å². The summed E-state index contributed by atoms with van der Waals surface area (Å²) >= 11 is 0.886. The number of carbonyl (C=O) groups is 1. The van der Waals surface area contributed by atoms with E-state index in [0.29, 0.717) is 22.6 Å². The van der Waals surface area contributed by atoms with E-state index in [4.69, 9.17) is 5.11 Å². The highest BCUT2D eigenvalue weighted by molar-refractivity contribution is 7.92. The van der Waals surface area contributed by atoms with Gasteiger partial charge in [-0.25, -0.2) is 22.0 Å². The molecule has 0 amide bonds. The Morgan fingerprint density at radius 1 is 1.07 bits per heavy atom. The normalized spacial score (nSPS) is 11.2. The molecule has 0 aliphatic carbocycles. The fourth-order valence-electron chi connectivity index (χ4n) is 2.23. The van der Waals surface area contributed by atoms with E-state index in [1.165, 1.54) is 6.07 Å². The fraction of sp³-hybridized carbons (Fsp3) is 0. The summed E-state index contributed by atoms with van der Waals surface area (Å²) in [6.07, 6.45) is -1.64. The van der Waals surface area contributed by atoms with Gasteiger partial charge in [-0.2, -0.15) is 0 Å². The maximum atomic E-state index is 13.8. The second-order valence-electron chi connectivity index (χ2n) is 5.23. The van der Waals surface area contributed by atoms with E-state index in [1.54, 1.807) is 30.3 Å². The van der Waals surface area contributed by atoms with Gasteiger partial charge in [0.25, 0.3) is 10.0 Å². The fourth-order valence-corrected chi connectivity index (χ4v) is 4.40. The molecule has 0 unspecified atom stereocenters. The Morgan fingerprint density at radius 2 is 1.78 bits per heavy atom. The summed E-state index contributed by atoms with van der Waals surface area (Å²) in [4.78, 5) is 10.5. The number of nitrogens with one attached hydrogen (secondary N) is 1. The van der Waals surface area contributed by atoms with Crippen LogP contribution in [0.15, 0.2) is 59.5 Å². The zero-order chi connectivity index (χ0) is 19.6. The van der Waals surface area contributed by atoms with Gasteiger partial charge in [0.2, 0.25) is 5.06 Å². The number of halogens is 2. The molecule has 0 bridgehead atoms. The van der Waals surface area contributed by atoms with Gasteiger partial charge in [-0.3, -0.25) is 4.72 Å². The van der Waals surface area contributed by atoms with E-state index in [1.807, 2.05) is 0 Å². The van der Waals surface area contributed by atoms with Crippen LogP contribution >= 0.6 is 11.3 Å². The highest BCUT2D eigenvalue weighted by Gasteiger charge is 2.24. The smallest absolute Gasteiger partial charge is 0.449 e. The lowest BCUT2D eigenvalue weighted by atomic mass is 10.2. The lowest BCUT2D eigenvalue weighted by molar-refractivity contribution is 0.146. The topological polar surface area (TPSA) is 92.7 Å². The summed E-state index contributed by atoms with van der Waals surface area (Å²) in [7, 11) is -4.52. The molecule has 0 radical (unpaired) electrons. The Morgan fingerprint density at radius 3 is 2.44 bits per heavy atom. The number of anilines is 1. The molecular formula is C17H11F2NO5S2. The maximum absolute atomic E-state index is 13.8. The molecule has 3 rings (SSSR count). The van der Waals surface area contributed by atoms with Crippen LogP contribution in [0.1, 0.15) is 0 Å². The van der Waals surface area contributed by atoms with Gasteiger partial charge in [0, 0.05) is 4.88 Å². The van der Waals surface area contributed by atoms with Crippen LogP contribution in [0.4, 0.5) is 19.3 Å². The molecule has 0 saturated heterocycles. The van der Waals surface area contributed by atoms with Crippen molar-refractivity contribution in [3.63, 3.8) is 0 Å². The number of benzene rings is 2. The van der Waals surface area contributed by atoms with Gasteiger partial charge in [-0.1, -0.05) is 41.7 Å².